The van der Waals surface area contributed by atoms with E-state index in [-0.39, 0.29) is 17.9 Å². The van der Waals surface area contributed by atoms with Crippen LogP contribution in [0, 0.1) is 11.8 Å². The highest BCUT2D eigenvalue weighted by Crippen LogP contribution is 1.94. The molecule has 0 amide bonds. The molecule has 0 aliphatic carbocycles. The number of thiophene rings is 1. The number of aliphatic hydroxyl groups is 1. The van der Waals surface area contributed by atoms with Crippen molar-refractivity contribution in [2.24, 2.45) is 0 Å². The number of hydrogen-bond acceptors (Lipinski definition) is 4. The van der Waals surface area contributed by atoms with Gasteiger partial charge < -0.3 is 10.4 Å². The first-order chi connectivity index (χ1) is 11.3. The van der Waals surface area contributed by atoms with Crippen LogP contribution in [-0.2, 0) is 4.79 Å². The molecule has 2 N–H and O–H groups in total. The van der Waals surface area contributed by atoms with Gasteiger partial charge in [-0.2, -0.15) is 11.3 Å². The van der Waals surface area contributed by atoms with Crippen LogP contribution in [0.2, 0.25) is 0 Å². The Labute approximate surface area is 153 Å². The molecule has 1 aromatic rings. The van der Waals surface area contributed by atoms with E-state index in [0.717, 1.165) is 12.1 Å². The van der Waals surface area contributed by atoms with Crippen LogP contribution in [0.15, 0.2) is 35.2 Å². The van der Waals surface area contributed by atoms with Crippen molar-refractivity contribution < 1.29 is 9.90 Å². The van der Waals surface area contributed by atoms with E-state index in [1.54, 1.807) is 32.1 Å². The Kier molecular flexibility index (Phi) is 24.4. The van der Waals surface area contributed by atoms with Crippen molar-refractivity contribution in [1.29, 1.82) is 0 Å². The zero-order valence-corrected chi connectivity index (χ0v) is 17.2. The maximum absolute atomic E-state index is 10.8. The van der Waals surface area contributed by atoms with Crippen molar-refractivity contribution >= 4 is 17.1 Å². The molecule has 0 bridgehead atoms. The number of allylic oxidation sites excluding steroid dienone is 1. The zero-order valence-electron chi connectivity index (χ0n) is 16.3. The van der Waals surface area contributed by atoms with Gasteiger partial charge in [-0.05, 0) is 44.9 Å². The maximum atomic E-state index is 10.8. The molecule has 3 nitrogen and oxygen atoms in total. The summed E-state index contributed by atoms with van der Waals surface area (Å²) in [6, 6.07) is 3.99. The third kappa shape index (κ3) is 25.4. The minimum atomic E-state index is -0.271. The van der Waals surface area contributed by atoms with Gasteiger partial charge in [-0.3, -0.25) is 4.79 Å². The van der Waals surface area contributed by atoms with Crippen molar-refractivity contribution in [2.75, 3.05) is 0 Å². The zero-order chi connectivity index (χ0) is 19.4. The van der Waals surface area contributed by atoms with E-state index in [2.05, 4.69) is 23.7 Å². The molecule has 0 spiro atoms. The Bertz CT molecular complexity index is 425. The SMILES string of the molecule is C=C(C)N[C@@H](CC)C(C)=O.CC.CC#CCC(C)O.c1ccsc1. The molecule has 0 aliphatic rings. The summed E-state index contributed by atoms with van der Waals surface area (Å²) in [5, 5.41) is 15.6. The quantitative estimate of drug-likeness (QED) is 0.730. The molecule has 1 rings (SSSR count). The van der Waals surface area contributed by atoms with E-state index in [1.165, 1.54) is 0 Å². The van der Waals surface area contributed by atoms with E-state index in [4.69, 9.17) is 5.11 Å². The predicted molar refractivity (Wildman–Crippen MR) is 108 cm³/mol. The Morgan fingerprint density at radius 1 is 1.29 bits per heavy atom. The van der Waals surface area contributed by atoms with Gasteiger partial charge in [-0.1, -0.05) is 39.5 Å². The lowest BCUT2D eigenvalue weighted by atomic mass is 10.1. The summed E-state index contributed by atoms with van der Waals surface area (Å²) in [5.41, 5.74) is 0.849. The van der Waals surface area contributed by atoms with Crippen molar-refractivity contribution in [2.45, 2.75) is 73.5 Å². The summed E-state index contributed by atoms with van der Waals surface area (Å²) >= 11 is 1.71. The second kappa shape index (κ2) is 21.4. The third-order valence-corrected chi connectivity index (χ3v) is 2.95. The van der Waals surface area contributed by atoms with Crippen LogP contribution >= 0.6 is 11.3 Å². The molecule has 0 aromatic carbocycles. The second-order valence-corrected chi connectivity index (χ2v) is 5.59. The lowest BCUT2D eigenvalue weighted by Crippen LogP contribution is -2.32. The van der Waals surface area contributed by atoms with Gasteiger partial charge in [0, 0.05) is 12.1 Å². The van der Waals surface area contributed by atoms with E-state index in [9.17, 15) is 4.79 Å². The van der Waals surface area contributed by atoms with Crippen molar-refractivity contribution in [1.82, 2.24) is 5.32 Å². The maximum Gasteiger partial charge on any atom is 0.151 e. The van der Waals surface area contributed by atoms with Crippen LogP contribution < -0.4 is 5.32 Å². The predicted octanol–water partition coefficient (Wildman–Crippen LogP) is 5.03. The Hall–Kier alpha value is -1.57. The number of carbonyl (C=O) groups is 1. The first-order valence-corrected chi connectivity index (χ1v) is 9.26. The van der Waals surface area contributed by atoms with Gasteiger partial charge in [0.15, 0.2) is 5.78 Å². The van der Waals surface area contributed by atoms with Gasteiger partial charge in [0.2, 0.25) is 0 Å². The molecule has 1 aromatic heterocycles. The number of nitrogens with one attached hydrogen (secondary N) is 1. The normalized spacial score (nSPS) is 10.5. The molecule has 0 radical (unpaired) electrons. The van der Waals surface area contributed by atoms with E-state index < -0.39 is 0 Å². The first kappa shape index (κ1) is 27.3. The molecule has 138 valence electrons. The number of aliphatic hydroxyl groups excluding tert-OH is 1. The lowest BCUT2D eigenvalue weighted by Gasteiger charge is -2.13. The fourth-order valence-electron chi connectivity index (χ4n) is 1.27. The molecule has 0 fully saturated rings. The number of rotatable bonds is 5. The molecular formula is C20H35NO2S. The van der Waals surface area contributed by atoms with Crippen LogP contribution in [0.4, 0.5) is 0 Å². The van der Waals surface area contributed by atoms with Crippen molar-refractivity contribution in [3.63, 3.8) is 0 Å². The lowest BCUT2D eigenvalue weighted by molar-refractivity contribution is -0.118. The van der Waals surface area contributed by atoms with Gasteiger partial charge >= 0.3 is 0 Å². The Balaban J connectivity index is -0.000000274. The summed E-state index contributed by atoms with van der Waals surface area (Å²) in [6.07, 6.45) is 1.14. The summed E-state index contributed by atoms with van der Waals surface area (Å²) in [6.45, 7) is 16.6. The standard InChI is InChI=1S/C8H15NO.C6H10O.C4H4S.C2H6/c1-5-8(7(4)10)9-6(2)3;1-3-4-5-6(2)7;1-2-4-5-3-1;1-2/h8-9H,2,5H2,1,3-4H3;6-7H,5H2,1-2H3;1-4H;1-2H3/t8-;;;/m0.../s1. The van der Waals surface area contributed by atoms with Crippen LogP contribution in [0.5, 0.6) is 0 Å². The van der Waals surface area contributed by atoms with E-state index in [0.29, 0.717) is 6.42 Å². The highest BCUT2D eigenvalue weighted by molar-refractivity contribution is 7.07. The Morgan fingerprint density at radius 3 is 1.92 bits per heavy atom. The van der Waals surface area contributed by atoms with Gasteiger partial charge in [0.25, 0.3) is 0 Å². The van der Waals surface area contributed by atoms with E-state index >= 15 is 0 Å². The third-order valence-electron chi connectivity index (χ3n) is 2.32. The molecule has 4 heteroatoms. The highest BCUT2D eigenvalue weighted by atomic mass is 32.1. The van der Waals surface area contributed by atoms with E-state index in [1.807, 2.05) is 50.6 Å². The summed E-state index contributed by atoms with van der Waals surface area (Å²) in [7, 11) is 0. The molecule has 0 saturated carbocycles. The molecule has 24 heavy (non-hydrogen) atoms. The van der Waals surface area contributed by atoms with Crippen molar-refractivity contribution in [3.8, 4) is 11.8 Å². The monoisotopic (exact) mass is 353 g/mol. The van der Waals surface area contributed by atoms with Gasteiger partial charge in [-0.15, -0.1) is 11.8 Å². The van der Waals surface area contributed by atoms with Crippen LogP contribution in [0.1, 0.15) is 61.3 Å². The highest BCUT2D eigenvalue weighted by Gasteiger charge is 2.08. The fraction of sp³-hybridized carbons (Fsp3) is 0.550. The first-order valence-electron chi connectivity index (χ1n) is 8.32. The molecule has 0 aliphatic heterocycles. The minimum Gasteiger partial charge on any atom is -0.392 e. The molecule has 2 atom stereocenters. The Morgan fingerprint density at radius 2 is 1.79 bits per heavy atom. The average molecular weight is 354 g/mol. The smallest absolute Gasteiger partial charge is 0.151 e. The molecule has 0 saturated heterocycles. The summed E-state index contributed by atoms with van der Waals surface area (Å²) in [5.74, 6) is 5.61. The summed E-state index contributed by atoms with van der Waals surface area (Å²) in [4.78, 5) is 10.8. The second-order valence-electron chi connectivity index (χ2n) is 4.77. The van der Waals surface area contributed by atoms with Crippen molar-refractivity contribution in [3.05, 3.63) is 35.2 Å². The number of ketones is 1. The van der Waals surface area contributed by atoms with Crippen LogP contribution in [0.25, 0.3) is 0 Å². The van der Waals surface area contributed by atoms with Crippen LogP contribution in [0.3, 0.4) is 0 Å². The van der Waals surface area contributed by atoms with Gasteiger partial charge in [-0.25, -0.2) is 0 Å². The average Bonchev–Trinajstić information content (AvgIpc) is 3.12. The largest absolute Gasteiger partial charge is 0.392 e. The van der Waals surface area contributed by atoms with Gasteiger partial charge in [0.1, 0.15) is 0 Å². The summed E-state index contributed by atoms with van der Waals surface area (Å²) < 4.78 is 0. The van der Waals surface area contributed by atoms with Gasteiger partial charge in [0.05, 0.1) is 12.1 Å². The molecular weight excluding hydrogens is 318 g/mol. The topological polar surface area (TPSA) is 49.3 Å². The number of Topliss-reactive ketones (excluding diaryl/α,β-unsaturated/α-hetero) is 1. The number of carbonyl (C=O) groups excluding carboxylic acids is 1. The number of hydrogen-bond donors (Lipinski definition) is 2. The molecule has 1 unspecified atom stereocenters. The van der Waals surface area contributed by atoms with Crippen LogP contribution in [-0.4, -0.2) is 23.0 Å². The fourth-order valence-corrected chi connectivity index (χ4v) is 1.72. The molecule has 1 heterocycles. The minimum absolute atomic E-state index is 0.0440.